The van der Waals surface area contributed by atoms with Crippen LogP contribution in [0.3, 0.4) is 0 Å². The second kappa shape index (κ2) is 13.6. The zero-order chi connectivity index (χ0) is 16.0. The molecule has 4 nitrogen and oxygen atoms in total. The van der Waals surface area contributed by atoms with E-state index in [0.29, 0.717) is 12.8 Å². The average Bonchev–Trinajstić information content (AvgIpc) is 2.50. The van der Waals surface area contributed by atoms with Crippen molar-refractivity contribution in [2.45, 2.75) is 34.1 Å². The molecule has 4 heteroatoms. The molecule has 0 bridgehead atoms. The van der Waals surface area contributed by atoms with Gasteiger partial charge in [-0.15, -0.1) is 0 Å². The lowest BCUT2D eigenvalue weighted by atomic mass is 10.1. The van der Waals surface area contributed by atoms with Gasteiger partial charge in [-0.2, -0.15) is 0 Å². The molecule has 0 aliphatic carbocycles. The zero-order valence-corrected chi connectivity index (χ0v) is 13.6. The summed E-state index contributed by atoms with van der Waals surface area (Å²) in [7, 11) is 3.58. The molecule has 0 fully saturated rings. The molecule has 1 aromatic carbocycles. The predicted octanol–water partition coefficient (Wildman–Crippen LogP) is 2.72. The first kappa shape index (κ1) is 20.5. The second-order valence-electron chi connectivity index (χ2n) is 4.00. The van der Waals surface area contributed by atoms with Crippen molar-refractivity contribution in [1.82, 2.24) is 5.32 Å². The van der Waals surface area contributed by atoms with Gasteiger partial charge in [0.15, 0.2) is 0 Å². The molecule has 0 spiro atoms. The van der Waals surface area contributed by atoms with Crippen LogP contribution in [-0.4, -0.2) is 33.3 Å². The van der Waals surface area contributed by atoms with Crippen molar-refractivity contribution in [3.05, 3.63) is 29.3 Å². The molecule has 0 aliphatic heterocycles. The van der Waals surface area contributed by atoms with E-state index >= 15 is 0 Å². The second-order valence-corrected chi connectivity index (χ2v) is 4.00. The number of aryl methyl sites for hydroxylation is 1. The van der Waals surface area contributed by atoms with Crippen LogP contribution in [0.1, 0.15) is 31.4 Å². The highest BCUT2D eigenvalue weighted by Crippen LogP contribution is 2.21. The maximum absolute atomic E-state index is 10.3. The van der Waals surface area contributed by atoms with Gasteiger partial charge >= 0.3 is 0 Å². The Morgan fingerprint density at radius 2 is 1.75 bits per heavy atom. The Balaban J connectivity index is 0. The van der Waals surface area contributed by atoms with Crippen molar-refractivity contribution in [1.29, 1.82) is 0 Å². The Labute approximate surface area is 123 Å². The monoisotopic (exact) mass is 280 g/mol. The number of anilines is 1. The maximum Gasteiger partial charge on any atom is 0.206 e. The highest BCUT2D eigenvalue weighted by atomic mass is 16.1. The fraction of sp³-hybridized carbons (Fsp3) is 0.500. The van der Waals surface area contributed by atoms with Crippen molar-refractivity contribution in [3.8, 4) is 0 Å². The fourth-order valence-electron chi connectivity index (χ4n) is 1.52. The van der Waals surface area contributed by atoms with Crippen molar-refractivity contribution in [3.63, 3.8) is 0 Å². The molecule has 0 saturated carbocycles. The van der Waals surface area contributed by atoms with E-state index in [9.17, 15) is 4.79 Å². The minimum atomic E-state index is 0.587. The van der Waals surface area contributed by atoms with Gasteiger partial charge < -0.3 is 15.0 Å². The van der Waals surface area contributed by atoms with Crippen molar-refractivity contribution >= 4 is 18.4 Å². The number of aldehydes is 1. The van der Waals surface area contributed by atoms with Gasteiger partial charge in [0.1, 0.15) is 6.29 Å². The summed E-state index contributed by atoms with van der Waals surface area (Å²) in [5.74, 6) is 0. The predicted molar refractivity (Wildman–Crippen MR) is 86.3 cm³/mol. The van der Waals surface area contributed by atoms with E-state index in [-0.39, 0.29) is 0 Å². The van der Waals surface area contributed by atoms with Gasteiger partial charge in [-0.3, -0.25) is 4.79 Å². The number of carbonyl (C=O) groups is 2. The van der Waals surface area contributed by atoms with E-state index in [0.717, 1.165) is 12.8 Å². The summed E-state index contributed by atoms with van der Waals surface area (Å²) in [6.07, 6.45) is 2.17. The molecule has 0 heterocycles. The summed E-state index contributed by atoms with van der Waals surface area (Å²) < 4.78 is 0. The zero-order valence-electron chi connectivity index (χ0n) is 13.6. The Hall–Kier alpha value is -1.84. The molecule has 0 saturated heterocycles. The number of amides is 1. The quantitative estimate of drug-likeness (QED) is 0.844. The smallest absolute Gasteiger partial charge is 0.206 e. The molecule has 0 aromatic heterocycles. The lowest BCUT2D eigenvalue weighted by Gasteiger charge is -2.21. The minimum Gasteiger partial charge on any atom is -0.374 e. The Bertz CT molecular complexity index is 379. The van der Waals surface area contributed by atoms with Crippen LogP contribution in [0.15, 0.2) is 18.2 Å². The van der Waals surface area contributed by atoms with Gasteiger partial charge in [0.05, 0.1) is 0 Å². The molecule has 0 aliphatic rings. The highest BCUT2D eigenvalue weighted by Gasteiger charge is 2.04. The Morgan fingerprint density at radius 3 is 2.20 bits per heavy atom. The van der Waals surface area contributed by atoms with E-state index in [2.05, 4.69) is 42.3 Å². The van der Waals surface area contributed by atoms with Crippen molar-refractivity contribution in [2.75, 3.05) is 25.5 Å². The first-order valence-corrected chi connectivity index (χ1v) is 6.90. The minimum absolute atomic E-state index is 0.587. The summed E-state index contributed by atoms with van der Waals surface area (Å²) in [5.41, 5.74) is 3.80. The van der Waals surface area contributed by atoms with Crippen molar-refractivity contribution in [2.24, 2.45) is 0 Å². The van der Waals surface area contributed by atoms with Crippen LogP contribution in [0.5, 0.6) is 0 Å². The molecule has 20 heavy (non-hydrogen) atoms. The topological polar surface area (TPSA) is 49.4 Å². The van der Waals surface area contributed by atoms with Crippen LogP contribution in [0.2, 0.25) is 0 Å². The number of nitrogens with one attached hydrogen (secondary N) is 1. The van der Waals surface area contributed by atoms with Gasteiger partial charge in [-0.1, -0.05) is 26.0 Å². The third-order valence-electron chi connectivity index (χ3n) is 2.69. The van der Waals surface area contributed by atoms with Gasteiger partial charge in [0, 0.05) is 32.7 Å². The summed E-state index contributed by atoms with van der Waals surface area (Å²) in [6, 6.07) is 6.24. The summed E-state index contributed by atoms with van der Waals surface area (Å²) in [6.45, 7) is 9.00. The van der Waals surface area contributed by atoms with Crippen LogP contribution < -0.4 is 10.2 Å². The van der Waals surface area contributed by atoms with Crippen molar-refractivity contribution < 1.29 is 9.59 Å². The molecule has 0 unspecified atom stereocenters. The van der Waals surface area contributed by atoms with Crippen LogP contribution in [0.25, 0.3) is 0 Å². The van der Waals surface area contributed by atoms with E-state index in [4.69, 9.17) is 4.79 Å². The van der Waals surface area contributed by atoms with E-state index in [1.54, 1.807) is 7.05 Å². The molecule has 1 rings (SSSR count). The summed E-state index contributed by atoms with van der Waals surface area (Å²) in [5, 5.41) is 2.25. The number of carbonyl (C=O) groups excluding carboxylic acids is 2. The fourth-order valence-corrected chi connectivity index (χ4v) is 1.52. The molecule has 1 aromatic rings. The SMILES string of the molecule is CC.CNC=O.Cc1cccc(N(C)CCC=O)c1C. The third-order valence-corrected chi connectivity index (χ3v) is 2.69. The normalized spacial score (nSPS) is 8.30. The van der Waals surface area contributed by atoms with Crippen LogP contribution >= 0.6 is 0 Å². The molecule has 114 valence electrons. The number of nitrogens with zero attached hydrogens (tertiary/aromatic N) is 1. The van der Waals surface area contributed by atoms with Gasteiger partial charge in [-0.25, -0.2) is 0 Å². The number of hydrogen-bond acceptors (Lipinski definition) is 3. The molecule has 0 radical (unpaired) electrons. The van der Waals surface area contributed by atoms with E-state index in [1.807, 2.05) is 20.9 Å². The average molecular weight is 280 g/mol. The molecule has 1 amide bonds. The number of benzene rings is 1. The lowest BCUT2D eigenvalue weighted by Crippen LogP contribution is -2.19. The van der Waals surface area contributed by atoms with Gasteiger partial charge in [0.2, 0.25) is 6.41 Å². The maximum atomic E-state index is 10.3. The van der Waals surface area contributed by atoms with Crippen LogP contribution in [0.4, 0.5) is 5.69 Å². The molecular formula is C16H28N2O2. The third kappa shape index (κ3) is 8.29. The van der Waals surface area contributed by atoms with Gasteiger partial charge in [0.25, 0.3) is 0 Å². The Kier molecular flexibility index (Phi) is 13.9. The van der Waals surface area contributed by atoms with Gasteiger partial charge in [-0.05, 0) is 31.0 Å². The molecule has 0 atom stereocenters. The molecule has 1 N–H and O–H groups in total. The standard InChI is InChI=1S/C12H17NO.C2H5NO.C2H6/c1-10-6-4-7-12(11(10)2)13(3)8-5-9-14;1-3-2-4;1-2/h4,6-7,9H,5,8H2,1-3H3;2H,1H3,(H,3,4);1-2H3. The van der Waals surface area contributed by atoms with E-state index < -0.39 is 0 Å². The molecular weight excluding hydrogens is 252 g/mol. The summed E-state index contributed by atoms with van der Waals surface area (Å²) in [4.78, 5) is 21.5. The highest BCUT2D eigenvalue weighted by molar-refractivity contribution is 5.57. The number of rotatable bonds is 5. The largest absolute Gasteiger partial charge is 0.374 e. The van der Waals surface area contributed by atoms with Crippen LogP contribution in [0, 0.1) is 13.8 Å². The first-order valence-electron chi connectivity index (χ1n) is 6.90. The number of hydrogen-bond donors (Lipinski definition) is 1. The summed E-state index contributed by atoms with van der Waals surface area (Å²) >= 11 is 0. The Morgan fingerprint density at radius 1 is 1.20 bits per heavy atom. The lowest BCUT2D eigenvalue weighted by molar-refractivity contribution is -0.109. The van der Waals surface area contributed by atoms with E-state index in [1.165, 1.54) is 16.8 Å². The van der Waals surface area contributed by atoms with Crippen LogP contribution in [-0.2, 0) is 9.59 Å². The first-order chi connectivity index (χ1) is 9.58.